The van der Waals surface area contributed by atoms with Crippen molar-refractivity contribution in [3.63, 3.8) is 0 Å². The Hall–Kier alpha value is -1.75. The SMILES string of the molecule is C1=CN2Cc3ccccc3N=C2S1.CC(=O)O. The number of thioether (sulfide) groups is 1. The molecular formula is C12H12N2O2S. The number of rotatable bonds is 0. The summed E-state index contributed by atoms with van der Waals surface area (Å²) < 4.78 is 0. The second-order valence-electron chi connectivity index (χ2n) is 3.57. The van der Waals surface area contributed by atoms with Crippen LogP contribution in [-0.2, 0) is 11.3 Å². The number of benzene rings is 1. The Labute approximate surface area is 104 Å². The molecule has 5 heteroatoms. The average molecular weight is 248 g/mol. The Morgan fingerprint density at radius 2 is 2.18 bits per heavy atom. The van der Waals surface area contributed by atoms with Crippen molar-refractivity contribution >= 4 is 28.6 Å². The lowest BCUT2D eigenvalue weighted by Crippen LogP contribution is -2.21. The first-order valence-corrected chi connectivity index (χ1v) is 6.01. The van der Waals surface area contributed by atoms with Crippen molar-refractivity contribution in [3.05, 3.63) is 41.4 Å². The van der Waals surface area contributed by atoms with Crippen LogP contribution in [0.25, 0.3) is 0 Å². The molecule has 2 heterocycles. The molecule has 0 amide bonds. The highest BCUT2D eigenvalue weighted by Gasteiger charge is 2.20. The molecule has 1 aromatic carbocycles. The van der Waals surface area contributed by atoms with Crippen LogP contribution in [0.4, 0.5) is 5.69 Å². The maximum Gasteiger partial charge on any atom is 0.300 e. The first kappa shape index (κ1) is 11.7. The van der Waals surface area contributed by atoms with Gasteiger partial charge in [-0.2, -0.15) is 0 Å². The highest BCUT2D eigenvalue weighted by molar-refractivity contribution is 8.16. The monoisotopic (exact) mass is 248 g/mol. The first-order valence-electron chi connectivity index (χ1n) is 5.13. The van der Waals surface area contributed by atoms with Gasteiger partial charge in [-0.15, -0.1) is 0 Å². The molecule has 2 aliphatic rings. The maximum atomic E-state index is 9.00. The summed E-state index contributed by atoms with van der Waals surface area (Å²) in [5, 5.41) is 10.6. The van der Waals surface area contributed by atoms with Crippen molar-refractivity contribution in [2.45, 2.75) is 13.5 Å². The summed E-state index contributed by atoms with van der Waals surface area (Å²) in [6.45, 7) is 2.04. The lowest BCUT2D eigenvalue weighted by atomic mass is 10.1. The van der Waals surface area contributed by atoms with E-state index in [0.717, 1.165) is 24.3 Å². The molecule has 4 nitrogen and oxygen atoms in total. The molecule has 3 rings (SSSR count). The molecule has 0 bridgehead atoms. The molecule has 0 spiro atoms. The lowest BCUT2D eigenvalue weighted by molar-refractivity contribution is -0.134. The minimum absolute atomic E-state index is 0.833. The van der Waals surface area contributed by atoms with Crippen LogP contribution in [0, 0.1) is 0 Å². The van der Waals surface area contributed by atoms with Gasteiger partial charge in [0.2, 0.25) is 0 Å². The predicted octanol–water partition coefficient (Wildman–Crippen LogP) is 2.80. The summed E-state index contributed by atoms with van der Waals surface area (Å²) in [7, 11) is 0. The summed E-state index contributed by atoms with van der Waals surface area (Å²) in [5.41, 5.74) is 2.42. The number of amidine groups is 1. The molecule has 0 aliphatic carbocycles. The summed E-state index contributed by atoms with van der Waals surface area (Å²) in [5.74, 6) is -0.833. The van der Waals surface area contributed by atoms with Crippen molar-refractivity contribution in [2.75, 3.05) is 0 Å². The number of carboxylic acid groups (broad SMARTS) is 1. The number of nitrogens with zero attached hydrogens (tertiary/aromatic N) is 2. The number of hydrogen-bond donors (Lipinski definition) is 1. The number of aliphatic carboxylic acids is 1. The fraction of sp³-hybridized carbons (Fsp3) is 0.167. The topological polar surface area (TPSA) is 52.9 Å². The molecule has 17 heavy (non-hydrogen) atoms. The summed E-state index contributed by atoms with van der Waals surface area (Å²) >= 11 is 1.69. The molecule has 1 N–H and O–H groups in total. The molecule has 2 aliphatic heterocycles. The van der Waals surface area contributed by atoms with Crippen LogP contribution < -0.4 is 0 Å². The van der Waals surface area contributed by atoms with Crippen LogP contribution in [0.5, 0.6) is 0 Å². The first-order chi connectivity index (χ1) is 8.16. The number of para-hydroxylation sites is 1. The fourth-order valence-corrected chi connectivity index (χ4v) is 2.29. The number of hydrogen-bond acceptors (Lipinski definition) is 4. The average Bonchev–Trinajstić information content (AvgIpc) is 2.72. The van der Waals surface area contributed by atoms with Gasteiger partial charge in [0.25, 0.3) is 5.97 Å². The Morgan fingerprint density at radius 1 is 1.47 bits per heavy atom. The minimum Gasteiger partial charge on any atom is -0.481 e. The normalized spacial score (nSPS) is 15.4. The van der Waals surface area contributed by atoms with Gasteiger partial charge in [-0.3, -0.25) is 4.79 Å². The Morgan fingerprint density at radius 3 is 2.94 bits per heavy atom. The molecular weight excluding hydrogens is 236 g/mol. The van der Waals surface area contributed by atoms with Crippen LogP contribution >= 0.6 is 11.8 Å². The maximum absolute atomic E-state index is 9.00. The Kier molecular flexibility index (Phi) is 3.49. The van der Waals surface area contributed by atoms with Gasteiger partial charge in [0, 0.05) is 13.1 Å². The van der Waals surface area contributed by atoms with Crippen LogP contribution in [0.3, 0.4) is 0 Å². The Balaban J connectivity index is 0.000000239. The summed E-state index contributed by atoms with van der Waals surface area (Å²) in [6.07, 6.45) is 2.08. The molecule has 0 aromatic heterocycles. The second kappa shape index (κ2) is 5.05. The molecule has 0 fully saturated rings. The number of aliphatic imine (C=N–C) groups is 1. The zero-order chi connectivity index (χ0) is 12.3. The molecule has 88 valence electrons. The number of fused-ring (bicyclic) bond motifs is 2. The van der Waals surface area contributed by atoms with E-state index < -0.39 is 5.97 Å². The summed E-state index contributed by atoms with van der Waals surface area (Å²) in [6, 6.07) is 8.29. The molecule has 0 radical (unpaired) electrons. The lowest BCUT2D eigenvalue weighted by Gasteiger charge is -2.22. The predicted molar refractivity (Wildman–Crippen MR) is 69.1 cm³/mol. The molecule has 0 unspecified atom stereocenters. The zero-order valence-corrected chi connectivity index (χ0v) is 10.1. The number of carboxylic acids is 1. The third kappa shape index (κ3) is 2.88. The van der Waals surface area contributed by atoms with Gasteiger partial charge in [0.05, 0.1) is 12.2 Å². The fourth-order valence-electron chi connectivity index (χ4n) is 1.55. The van der Waals surface area contributed by atoms with E-state index in [9.17, 15) is 0 Å². The number of carbonyl (C=O) groups is 1. The van der Waals surface area contributed by atoms with E-state index in [4.69, 9.17) is 9.90 Å². The largest absolute Gasteiger partial charge is 0.481 e. The smallest absolute Gasteiger partial charge is 0.300 e. The van der Waals surface area contributed by atoms with Crippen LogP contribution in [0.2, 0.25) is 0 Å². The van der Waals surface area contributed by atoms with Crippen LogP contribution in [0.1, 0.15) is 12.5 Å². The van der Waals surface area contributed by atoms with E-state index in [1.54, 1.807) is 11.8 Å². The second-order valence-corrected chi connectivity index (χ2v) is 4.45. The molecule has 1 aromatic rings. The van der Waals surface area contributed by atoms with Crippen molar-refractivity contribution in [2.24, 2.45) is 4.99 Å². The van der Waals surface area contributed by atoms with Crippen molar-refractivity contribution in [1.82, 2.24) is 4.90 Å². The van der Waals surface area contributed by atoms with Crippen LogP contribution in [0.15, 0.2) is 40.9 Å². The van der Waals surface area contributed by atoms with Gasteiger partial charge in [0.15, 0.2) is 5.17 Å². The van der Waals surface area contributed by atoms with Gasteiger partial charge >= 0.3 is 0 Å². The van der Waals surface area contributed by atoms with Crippen molar-refractivity contribution in [3.8, 4) is 0 Å². The van der Waals surface area contributed by atoms with E-state index >= 15 is 0 Å². The van der Waals surface area contributed by atoms with Gasteiger partial charge in [-0.25, -0.2) is 4.99 Å². The van der Waals surface area contributed by atoms with E-state index in [0.29, 0.717) is 0 Å². The third-order valence-electron chi connectivity index (χ3n) is 2.21. The van der Waals surface area contributed by atoms with E-state index in [-0.39, 0.29) is 0 Å². The molecule has 0 saturated heterocycles. The molecule has 0 saturated carbocycles. The van der Waals surface area contributed by atoms with Crippen LogP contribution in [-0.4, -0.2) is 21.1 Å². The quantitative estimate of drug-likeness (QED) is 0.767. The van der Waals surface area contributed by atoms with E-state index in [1.165, 1.54) is 5.56 Å². The summed E-state index contributed by atoms with van der Waals surface area (Å²) in [4.78, 5) is 15.7. The third-order valence-corrected chi connectivity index (χ3v) is 3.00. The van der Waals surface area contributed by atoms with Gasteiger partial charge in [-0.05, 0) is 17.0 Å². The van der Waals surface area contributed by atoms with E-state index in [2.05, 4.69) is 39.7 Å². The standard InChI is InChI=1S/C10H8N2S.C2H4O2/c1-2-4-9-8(3-1)7-12-5-6-13-10(12)11-9;1-2(3)4/h1-6H,7H2;1H3,(H,3,4). The highest BCUT2D eigenvalue weighted by Crippen LogP contribution is 2.32. The molecule has 0 atom stereocenters. The minimum atomic E-state index is -0.833. The van der Waals surface area contributed by atoms with Crippen molar-refractivity contribution < 1.29 is 9.90 Å². The van der Waals surface area contributed by atoms with Crippen molar-refractivity contribution in [1.29, 1.82) is 0 Å². The zero-order valence-electron chi connectivity index (χ0n) is 9.33. The van der Waals surface area contributed by atoms with Gasteiger partial charge < -0.3 is 10.0 Å². The Bertz CT molecular complexity index is 493. The highest BCUT2D eigenvalue weighted by atomic mass is 32.2. The van der Waals surface area contributed by atoms with E-state index in [1.807, 2.05) is 6.07 Å². The van der Waals surface area contributed by atoms with Gasteiger partial charge in [-0.1, -0.05) is 30.0 Å². The van der Waals surface area contributed by atoms with Gasteiger partial charge in [0.1, 0.15) is 0 Å².